The summed E-state index contributed by atoms with van der Waals surface area (Å²) in [5.41, 5.74) is -1.19. The summed E-state index contributed by atoms with van der Waals surface area (Å²) in [7, 11) is 0. The molecular formula is C14H23O2PS2Sn. The van der Waals surface area contributed by atoms with Gasteiger partial charge in [-0.3, -0.25) is 0 Å². The van der Waals surface area contributed by atoms with Gasteiger partial charge >= 0.3 is 23.9 Å². The summed E-state index contributed by atoms with van der Waals surface area (Å²) >= 11 is 9.52. The van der Waals surface area contributed by atoms with Crippen LogP contribution in [0.3, 0.4) is 0 Å². The standard InChI is InChI=1S/C14H23O2PS2.Sn.2H/c1-3-5-8-12-10-7-11-13(9-6-4-2)14(12)16-17(15,18)19;;;/h7,10-11H,3-6,8-9H2,1-2H3,(H2,15,18,19);;;/q;+2;;/p-2. The van der Waals surface area contributed by atoms with Gasteiger partial charge in [-0.15, -0.1) is 0 Å². The van der Waals surface area contributed by atoms with E-state index in [2.05, 4.69) is 13.8 Å². The maximum absolute atomic E-state index is 11.6. The van der Waals surface area contributed by atoms with Gasteiger partial charge in [0.1, 0.15) is 5.75 Å². The van der Waals surface area contributed by atoms with Gasteiger partial charge < -0.3 is 21.7 Å². The van der Waals surface area contributed by atoms with E-state index in [1.54, 1.807) is 0 Å². The summed E-state index contributed by atoms with van der Waals surface area (Å²) in [6, 6.07) is 6.06. The average Bonchev–Trinajstić information content (AvgIpc) is 2.34. The SMILES string of the molecule is CCCCc1cccc(CCCC)c1OP([O-])(=S)[S-].[SnH2+2]. The summed E-state index contributed by atoms with van der Waals surface area (Å²) in [5, 5.41) is 0. The van der Waals surface area contributed by atoms with Gasteiger partial charge in [0.25, 0.3) is 0 Å². The molecule has 6 heteroatoms. The average molecular weight is 437 g/mol. The van der Waals surface area contributed by atoms with Crippen molar-refractivity contribution in [2.24, 2.45) is 0 Å². The van der Waals surface area contributed by atoms with Gasteiger partial charge in [0.05, 0.1) is 0 Å². The zero-order valence-corrected chi connectivity index (χ0v) is 18.8. The summed E-state index contributed by atoms with van der Waals surface area (Å²) in [5.74, 6) is 0.678. The van der Waals surface area contributed by atoms with Crippen LogP contribution in [0.1, 0.15) is 50.7 Å². The van der Waals surface area contributed by atoms with Crippen LogP contribution in [0, 0.1) is 0 Å². The van der Waals surface area contributed by atoms with E-state index in [4.69, 9.17) is 28.6 Å². The second-order valence-electron chi connectivity index (χ2n) is 4.65. The second kappa shape index (κ2) is 10.5. The molecule has 0 radical (unpaired) electrons. The van der Waals surface area contributed by atoms with Gasteiger partial charge in [-0.2, -0.15) is 0 Å². The molecule has 0 spiro atoms. The number of benzene rings is 1. The Hall–Kier alpha value is 0.779. The van der Waals surface area contributed by atoms with Crippen LogP contribution in [-0.4, -0.2) is 23.9 Å². The van der Waals surface area contributed by atoms with E-state index in [1.807, 2.05) is 18.2 Å². The first kappa shape index (κ1) is 20.8. The van der Waals surface area contributed by atoms with Crippen LogP contribution in [0.2, 0.25) is 0 Å². The summed E-state index contributed by atoms with van der Waals surface area (Å²) in [6.07, 6.45) is 6.20. The minimum absolute atomic E-state index is 0. The van der Waals surface area contributed by atoms with Gasteiger partial charge in [-0.05, 0) is 36.8 Å². The van der Waals surface area contributed by atoms with Gasteiger partial charge in [-0.1, -0.05) is 62.4 Å². The van der Waals surface area contributed by atoms with Crippen molar-refractivity contribution in [1.82, 2.24) is 0 Å². The zero-order valence-electron chi connectivity index (χ0n) is 12.3. The molecule has 1 aromatic carbocycles. The van der Waals surface area contributed by atoms with Crippen LogP contribution in [0.15, 0.2) is 18.2 Å². The van der Waals surface area contributed by atoms with E-state index < -0.39 is 5.69 Å². The van der Waals surface area contributed by atoms with Gasteiger partial charge in [0.15, 0.2) is 0 Å². The van der Waals surface area contributed by atoms with Gasteiger partial charge in [0.2, 0.25) is 0 Å². The Labute approximate surface area is 150 Å². The third kappa shape index (κ3) is 7.69. The van der Waals surface area contributed by atoms with E-state index in [1.165, 1.54) is 0 Å². The van der Waals surface area contributed by atoms with Gasteiger partial charge in [0, 0.05) is 0 Å². The number of para-hydroxylation sites is 1. The molecule has 0 bridgehead atoms. The summed E-state index contributed by atoms with van der Waals surface area (Å²) < 4.78 is 5.44. The molecule has 0 aliphatic rings. The fourth-order valence-corrected chi connectivity index (χ4v) is 2.90. The van der Waals surface area contributed by atoms with E-state index in [-0.39, 0.29) is 23.9 Å². The molecule has 1 rings (SSSR count). The number of rotatable bonds is 8. The Balaban J connectivity index is 0.00000361. The molecule has 1 aromatic rings. The number of hydrogen-bond donors (Lipinski definition) is 0. The number of hydrogen-bond acceptors (Lipinski definition) is 4. The van der Waals surface area contributed by atoms with Crippen molar-refractivity contribution in [3.63, 3.8) is 0 Å². The third-order valence-electron chi connectivity index (χ3n) is 2.98. The first-order valence-corrected chi connectivity index (χ1v) is 10.5. The van der Waals surface area contributed by atoms with Crippen LogP contribution in [-0.2, 0) is 36.9 Å². The van der Waals surface area contributed by atoms with E-state index in [0.29, 0.717) is 5.75 Å². The normalized spacial score (nSPS) is 13.4. The van der Waals surface area contributed by atoms with Crippen LogP contribution in [0.25, 0.3) is 0 Å². The quantitative estimate of drug-likeness (QED) is 0.356. The molecule has 0 N–H and O–H groups in total. The van der Waals surface area contributed by atoms with Crippen molar-refractivity contribution in [1.29, 1.82) is 0 Å². The molecule has 112 valence electrons. The minimum atomic E-state index is -3.34. The predicted octanol–water partition coefficient (Wildman–Crippen LogP) is 2.97. The Morgan fingerprint density at radius 3 is 1.95 bits per heavy atom. The van der Waals surface area contributed by atoms with Crippen molar-refractivity contribution in [2.45, 2.75) is 52.4 Å². The molecule has 0 fully saturated rings. The van der Waals surface area contributed by atoms with Crippen molar-refractivity contribution < 1.29 is 9.42 Å². The fraction of sp³-hybridized carbons (Fsp3) is 0.571. The first-order chi connectivity index (χ1) is 8.98. The molecule has 1 unspecified atom stereocenters. The molecule has 20 heavy (non-hydrogen) atoms. The molecule has 0 amide bonds. The first-order valence-electron chi connectivity index (χ1n) is 6.80. The molecule has 0 aliphatic carbocycles. The third-order valence-corrected chi connectivity index (χ3v) is 3.83. The molecule has 0 aliphatic heterocycles. The van der Waals surface area contributed by atoms with Gasteiger partial charge in [-0.25, -0.2) is 0 Å². The summed E-state index contributed by atoms with van der Waals surface area (Å²) in [6.45, 7) is 4.29. The molecule has 0 aromatic heterocycles. The Morgan fingerprint density at radius 1 is 1.15 bits per heavy atom. The van der Waals surface area contributed by atoms with Crippen LogP contribution >= 0.6 is 5.69 Å². The molecule has 0 heterocycles. The number of unbranched alkanes of at least 4 members (excludes halogenated alkanes) is 2. The fourth-order valence-electron chi connectivity index (χ4n) is 2.00. The van der Waals surface area contributed by atoms with Crippen molar-refractivity contribution in [3.05, 3.63) is 29.3 Å². The molecule has 1 atom stereocenters. The van der Waals surface area contributed by atoms with Crippen molar-refractivity contribution in [2.75, 3.05) is 0 Å². The van der Waals surface area contributed by atoms with E-state index in [9.17, 15) is 4.89 Å². The molecule has 0 saturated heterocycles. The van der Waals surface area contributed by atoms with E-state index in [0.717, 1.165) is 49.7 Å². The maximum atomic E-state index is 11.6. The molecule has 2 nitrogen and oxygen atoms in total. The van der Waals surface area contributed by atoms with E-state index >= 15 is 0 Å². The van der Waals surface area contributed by atoms with Crippen molar-refractivity contribution in [3.8, 4) is 5.75 Å². The van der Waals surface area contributed by atoms with Crippen LogP contribution in [0.5, 0.6) is 5.75 Å². The Bertz CT molecular complexity index is 423. The summed E-state index contributed by atoms with van der Waals surface area (Å²) in [4.78, 5) is 11.6. The van der Waals surface area contributed by atoms with Crippen molar-refractivity contribution >= 4 is 53.7 Å². The predicted molar refractivity (Wildman–Crippen MR) is 94.5 cm³/mol. The topological polar surface area (TPSA) is 32.3 Å². The zero-order chi connectivity index (χ0) is 14.3. The monoisotopic (exact) mass is 438 g/mol. The molecule has 0 saturated carbocycles. The Morgan fingerprint density at radius 2 is 1.60 bits per heavy atom. The van der Waals surface area contributed by atoms with Crippen LogP contribution in [0.4, 0.5) is 0 Å². The molecular weight excluding hydrogens is 414 g/mol. The Kier molecular flexibility index (Phi) is 10.9. The number of aryl methyl sites for hydroxylation is 2. The van der Waals surface area contributed by atoms with Crippen LogP contribution < -0.4 is 9.42 Å². The second-order valence-corrected chi connectivity index (χ2v) is 9.31.